The smallest absolute Gasteiger partial charge is 0.293 e. The Morgan fingerprint density at radius 3 is 2.71 bits per heavy atom. The number of nitro groups is 1. The molecule has 0 aliphatic rings. The van der Waals surface area contributed by atoms with Crippen LogP contribution in [-0.2, 0) is 5.54 Å². The Bertz CT molecular complexity index is 683. The van der Waals surface area contributed by atoms with Crippen LogP contribution in [0.5, 0.6) is 0 Å². The molecule has 2 aromatic rings. The zero-order chi connectivity index (χ0) is 15.6. The molecule has 0 fully saturated rings. The van der Waals surface area contributed by atoms with Crippen LogP contribution in [-0.4, -0.2) is 15.8 Å². The number of benzene rings is 1. The molecule has 8 heteroatoms. The minimum absolute atomic E-state index is 0.0966. The Balaban J connectivity index is 2.40. The Morgan fingerprint density at radius 2 is 2.19 bits per heavy atom. The SMILES string of the molecule is CC(C)(Nc1ccc(C(N)=O)cc1[N+](=O)[O-])c1nccs1. The third-order valence-electron chi connectivity index (χ3n) is 2.89. The number of primary amides is 1. The quantitative estimate of drug-likeness (QED) is 0.651. The molecule has 7 nitrogen and oxygen atoms in total. The maximum absolute atomic E-state index is 11.2. The molecule has 0 atom stereocenters. The Kier molecular flexibility index (Phi) is 3.90. The monoisotopic (exact) mass is 306 g/mol. The predicted octanol–water partition coefficient (Wildman–Crippen LogP) is 2.50. The number of carbonyl (C=O) groups is 1. The van der Waals surface area contributed by atoms with Gasteiger partial charge in [0.2, 0.25) is 5.91 Å². The minimum atomic E-state index is -0.705. The summed E-state index contributed by atoms with van der Waals surface area (Å²) in [5.74, 6) is -0.705. The van der Waals surface area contributed by atoms with E-state index in [1.807, 2.05) is 19.2 Å². The number of amides is 1. The van der Waals surface area contributed by atoms with Gasteiger partial charge in [-0.25, -0.2) is 4.98 Å². The lowest BCUT2D eigenvalue weighted by molar-refractivity contribution is -0.384. The molecule has 0 radical (unpaired) electrons. The van der Waals surface area contributed by atoms with Crippen LogP contribution >= 0.6 is 11.3 Å². The number of nitrogens with one attached hydrogen (secondary N) is 1. The van der Waals surface area contributed by atoms with E-state index in [1.54, 1.807) is 6.20 Å². The molecular weight excluding hydrogens is 292 g/mol. The fourth-order valence-electron chi connectivity index (χ4n) is 1.86. The number of anilines is 1. The van der Waals surface area contributed by atoms with E-state index in [4.69, 9.17) is 5.73 Å². The molecule has 1 aromatic carbocycles. The van der Waals surface area contributed by atoms with Crippen molar-refractivity contribution in [2.45, 2.75) is 19.4 Å². The van der Waals surface area contributed by atoms with Crippen molar-refractivity contribution in [1.29, 1.82) is 0 Å². The summed E-state index contributed by atoms with van der Waals surface area (Å²) in [4.78, 5) is 26.0. The van der Waals surface area contributed by atoms with Gasteiger partial charge in [-0.2, -0.15) is 0 Å². The zero-order valence-corrected chi connectivity index (χ0v) is 12.3. The van der Waals surface area contributed by atoms with Crippen molar-refractivity contribution in [2.75, 3.05) is 5.32 Å². The average molecular weight is 306 g/mol. The molecule has 2 rings (SSSR count). The summed E-state index contributed by atoms with van der Waals surface area (Å²) in [6.07, 6.45) is 1.67. The summed E-state index contributed by atoms with van der Waals surface area (Å²) in [5, 5.41) is 16.9. The van der Waals surface area contributed by atoms with Crippen molar-refractivity contribution < 1.29 is 9.72 Å². The second-order valence-corrected chi connectivity index (χ2v) is 5.84. The Labute approximate surface area is 125 Å². The molecule has 0 aliphatic carbocycles. The van der Waals surface area contributed by atoms with Gasteiger partial charge < -0.3 is 11.1 Å². The molecule has 1 amide bonds. The molecule has 0 bridgehead atoms. The number of hydrogen-bond donors (Lipinski definition) is 2. The molecule has 110 valence electrons. The number of aromatic nitrogens is 1. The van der Waals surface area contributed by atoms with Crippen LogP contribution in [0.3, 0.4) is 0 Å². The average Bonchev–Trinajstić information content (AvgIpc) is 2.92. The third kappa shape index (κ3) is 3.16. The number of rotatable bonds is 5. The van der Waals surface area contributed by atoms with Crippen molar-refractivity contribution in [2.24, 2.45) is 5.73 Å². The summed E-state index contributed by atoms with van der Waals surface area (Å²) in [6, 6.07) is 4.10. The van der Waals surface area contributed by atoms with Gasteiger partial charge >= 0.3 is 0 Å². The molecular formula is C13H14N4O3S. The number of nitro benzene ring substituents is 1. The summed E-state index contributed by atoms with van der Waals surface area (Å²) in [6.45, 7) is 3.75. The molecule has 1 aromatic heterocycles. The molecule has 21 heavy (non-hydrogen) atoms. The van der Waals surface area contributed by atoms with Gasteiger partial charge in [-0.05, 0) is 26.0 Å². The lowest BCUT2D eigenvalue weighted by Crippen LogP contribution is -2.28. The number of nitrogens with two attached hydrogens (primary N) is 1. The van der Waals surface area contributed by atoms with Crippen molar-refractivity contribution >= 4 is 28.6 Å². The third-order valence-corrected chi connectivity index (χ3v) is 3.99. The van der Waals surface area contributed by atoms with E-state index in [0.717, 1.165) is 5.01 Å². The van der Waals surface area contributed by atoms with E-state index >= 15 is 0 Å². The number of carbonyl (C=O) groups excluding carboxylic acids is 1. The molecule has 0 aliphatic heterocycles. The van der Waals surface area contributed by atoms with E-state index in [0.29, 0.717) is 5.69 Å². The minimum Gasteiger partial charge on any atom is -0.368 e. The lowest BCUT2D eigenvalue weighted by Gasteiger charge is -2.25. The van der Waals surface area contributed by atoms with Gasteiger partial charge in [0.15, 0.2) is 0 Å². The zero-order valence-electron chi connectivity index (χ0n) is 11.5. The van der Waals surface area contributed by atoms with Gasteiger partial charge in [0.05, 0.1) is 10.5 Å². The van der Waals surface area contributed by atoms with Crippen molar-refractivity contribution in [3.05, 3.63) is 50.5 Å². The van der Waals surface area contributed by atoms with Crippen LogP contribution in [0.2, 0.25) is 0 Å². The molecule has 0 spiro atoms. The summed E-state index contributed by atoms with van der Waals surface area (Å²) >= 11 is 1.45. The highest BCUT2D eigenvalue weighted by Crippen LogP contribution is 2.32. The standard InChI is InChI=1S/C13H14N4O3S/c1-13(2,12-15-5-6-21-12)16-9-4-3-8(11(14)18)7-10(9)17(19)20/h3-7,16H,1-2H3,(H2,14,18). The number of thiazole rings is 1. The highest BCUT2D eigenvalue weighted by atomic mass is 32.1. The Morgan fingerprint density at radius 1 is 1.48 bits per heavy atom. The number of nitrogens with zero attached hydrogens (tertiary/aromatic N) is 2. The summed E-state index contributed by atoms with van der Waals surface area (Å²) in [5.41, 5.74) is 4.78. The fraction of sp³-hybridized carbons (Fsp3) is 0.231. The first-order chi connectivity index (χ1) is 9.81. The Hall–Kier alpha value is -2.48. The van der Waals surface area contributed by atoms with Gasteiger partial charge in [0, 0.05) is 23.2 Å². The van der Waals surface area contributed by atoms with E-state index in [9.17, 15) is 14.9 Å². The van der Waals surface area contributed by atoms with Crippen LogP contribution in [0.25, 0.3) is 0 Å². The second-order valence-electron chi connectivity index (χ2n) is 4.94. The first-order valence-corrected chi connectivity index (χ1v) is 6.95. The van der Waals surface area contributed by atoms with Crippen molar-refractivity contribution in [1.82, 2.24) is 4.98 Å². The van der Waals surface area contributed by atoms with Gasteiger partial charge in [0.1, 0.15) is 10.7 Å². The molecule has 0 unspecified atom stereocenters. The van der Waals surface area contributed by atoms with Crippen molar-refractivity contribution in [3.63, 3.8) is 0 Å². The van der Waals surface area contributed by atoms with Crippen LogP contribution in [0, 0.1) is 10.1 Å². The molecule has 1 heterocycles. The highest BCUT2D eigenvalue weighted by molar-refractivity contribution is 7.09. The lowest BCUT2D eigenvalue weighted by atomic mass is 10.0. The maximum Gasteiger partial charge on any atom is 0.293 e. The predicted molar refractivity (Wildman–Crippen MR) is 80.4 cm³/mol. The van der Waals surface area contributed by atoms with E-state index < -0.39 is 16.4 Å². The van der Waals surface area contributed by atoms with Gasteiger partial charge in [-0.1, -0.05) is 0 Å². The van der Waals surface area contributed by atoms with E-state index in [1.165, 1.54) is 29.5 Å². The van der Waals surface area contributed by atoms with Crippen LogP contribution in [0.1, 0.15) is 29.2 Å². The maximum atomic E-state index is 11.2. The number of hydrogen-bond acceptors (Lipinski definition) is 6. The van der Waals surface area contributed by atoms with E-state index in [2.05, 4.69) is 10.3 Å². The molecule has 3 N–H and O–H groups in total. The van der Waals surface area contributed by atoms with Crippen LogP contribution < -0.4 is 11.1 Å². The normalized spacial score (nSPS) is 11.1. The topological polar surface area (TPSA) is 111 Å². The van der Waals surface area contributed by atoms with E-state index in [-0.39, 0.29) is 11.3 Å². The van der Waals surface area contributed by atoms with Gasteiger partial charge in [-0.3, -0.25) is 14.9 Å². The van der Waals surface area contributed by atoms with Crippen LogP contribution in [0.4, 0.5) is 11.4 Å². The highest BCUT2D eigenvalue weighted by Gasteiger charge is 2.27. The first-order valence-electron chi connectivity index (χ1n) is 6.07. The van der Waals surface area contributed by atoms with Gasteiger partial charge in [-0.15, -0.1) is 11.3 Å². The molecule has 0 saturated heterocycles. The summed E-state index contributed by atoms with van der Waals surface area (Å²) < 4.78 is 0. The van der Waals surface area contributed by atoms with Crippen LogP contribution in [0.15, 0.2) is 29.8 Å². The summed E-state index contributed by atoms with van der Waals surface area (Å²) in [7, 11) is 0. The van der Waals surface area contributed by atoms with Crippen molar-refractivity contribution in [3.8, 4) is 0 Å². The van der Waals surface area contributed by atoms with Gasteiger partial charge in [0.25, 0.3) is 5.69 Å². The largest absolute Gasteiger partial charge is 0.368 e. The first kappa shape index (κ1) is 14.9. The molecule has 0 saturated carbocycles. The fourth-order valence-corrected chi connectivity index (χ4v) is 2.58. The second kappa shape index (κ2) is 5.49.